The Morgan fingerprint density at radius 1 is 1.29 bits per heavy atom. The average Bonchev–Trinajstić information content (AvgIpc) is 3.17. The van der Waals surface area contributed by atoms with Gasteiger partial charge in [-0.25, -0.2) is 14.3 Å². The minimum absolute atomic E-state index is 0.244. The van der Waals surface area contributed by atoms with Crippen molar-refractivity contribution >= 4 is 17.6 Å². The fourth-order valence-corrected chi connectivity index (χ4v) is 3.67. The Morgan fingerprint density at radius 2 is 2.08 bits per heavy atom. The number of hydrogen-bond donors (Lipinski definition) is 2. The highest BCUT2D eigenvalue weighted by Gasteiger charge is 2.47. The van der Waals surface area contributed by atoms with Gasteiger partial charge in [0.25, 0.3) is 0 Å². The molecule has 24 heavy (non-hydrogen) atoms. The molecule has 0 bridgehead atoms. The Morgan fingerprint density at radius 3 is 2.75 bits per heavy atom. The minimum Gasteiger partial charge on any atom is -0.337 e. The molecule has 3 amide bonds. The van der Waals surface area contributed by atoms with E-state index in [2.05, 4.69) is 41.5 Å². The molecule has 7 nitrogen and oxygen atoms in total. The first-order valence-corrected chi connectivity index (χ1v) is 8.27. The molecule has 2 fully saturated rings. The number of nitrogens with zero attached hydrogens (tertiary/aromatic N) is 3. The van der Waals surface area contributed by atoms with E-state index in [1.165, 1.54) is 0 Å². The van der Waals surface area contributed by atoms with Gasteiger partial charge < -0.3 is 5.32 Å². The van der Waals surface area contributed by atoms with Gasteiger partial charge in [-0.1, -0.05) is 20.8 Å². The van der Waals surface area contributed by atoms with Crippen molar-refractivity contribution in [2.75, 3.05) is 6.54 Å². The molecule has 1 unspecified atom stereocenters. The van der Waals surface area contributed by atoms with Crippen LogP contribution < -0.4 is 10.6 Å². The molecule has 1 aliphatic carbocycles. The molecule has 3 atom stereocenters. The molecule has 1 aliphatic heterocycles. The number of aromatic nitrogens is 3. The van der Waals surface area contributed by atoms with E-state index >= 15 is 0 Å². The first kappa shape index (κ1) is 15.1. The van der Waals surface area contributed by atoms with Gasteiger partial charge in [-0.15, -0.1) is 0 Å². The van der Waals surface area contributed by atoms with Crippen LogP contribution in [-0.4, -0.2) is 33.1 Å². The van der Waals surface area contributed by atoms with Gasteiger partial charge in [0.2, 0.25) is 5.91 Å². The maximum atomic E-state index is 12.2. The summed E-state index contributed by atoms with van der Waals surface area (Å²) in [4.78, 5) is 27.9. The van der Waals surface area contributed by atoms with E-state index in [9.17, 15) is 9.59 Å². The van der Waals surface area contributed by atoms with E-state index in [-0.39, 0.29) is 17.9 Å². The molecule has 2 aromatic rings. The van der Waals surface area contributed by atoms with Crippen molar-refractivity contribution in [1.82, 2.24) is 25.2 Å². The zero-order valence-electron chi connectivity index (χ0n) is 14.0. The second-order valence-electron chi connectivity index (χ2n) is 7.79. The van der Waals surface area contributed by atoms with Gasteiger partial charge in [0.15, 0.2) is 5.65 Å². The number of carbonyl (C=O) groups excluding carboxylic acids is 2. The fourth-order valence-electron chi connectivity index (χ4n) is 3.67. The topological polar surface area (TPSA) is 88.4 Å². The Balaban J connectivity index is 1.74. The molecule has 2 N–H and O–H groups in total. The van der Waals surface area contributed by atoms with Crippen LogP contribution in [0.3, 0.4) is 0 Å². The van der Waals surface area contributed by atoms with Crippen LogP contribution in [0.2, 0.25) is 0 Å². The normalized spacial score (nSPS) is 27.0. The van der Waals surface area contributed by atoms with Crippen molar-refractivity contribution in [3.8, 4) is 0 Å². The molecule has 3 heterocycles. The number of amides is 3. The van der Waals surface area contributed by atoms with Crippen molar-refractivity contribution in [1.29, 1.82) is 0 Å². The number of imide groups is 1. The van der Waals surface area contributed by atoms with Gasteiger partial charge in [-0.2, -0.15) is 5.10 Å². The molecule has 1 saturated heterocycles. The van der Waals surface area contributed by atoms with Crippen LogP contribution in [0.15, 0.2) is 18.5 Å². The predicted octanol–water partition coefficient (Wildman–Crippen LogP) is 1.80. The molecule has 1 saturated carbocycles. The SMILES string of the molecule is CC(C)(C)[C@@H]1C[C@H]1c1cc(C2CNC(=O)NC2=O)nn2ccnc12. The van der Waals surface area contributed by atoms with Crippen molar-refractivity contribution in [2.24, 2.45) is 11.3 Å². The second-order valence-corrected chi connectivity index (χ2v) is 7.79. The van der Waals surface area contributed by atoms with E-state index in [1.807, 2.05) is 6.07 Å². The molecule has 0 radical (unpaired) electrons. The molecule has 126 valence electrons. The van der Waals surface area contributed by atoms with E-state index < -0.39 is 11.9 Å². The number of nitrogens with one attached hydrogen (secondary N) is 2. The largest absolute Gasteiger partial charge is 0.337 e. The first-order valence-electron chi connectivity index (χ1n) is 8.27. The Labute approximate surface area is 139 Å². The summed E-state index contributed by atoms with van der Waals surface area (Å²) in [5.41, 5.74) is 2.92. The number of imidazole rings is 1. The van der Waals surface area contributed by atoms with Crippen LogP contribution in [0.25, 0.3) is 5.65 Å². The van der Waals surface area contributed by atoms with Crippen LogP contribution in [0.4, 0.5) is 4.79 Å². The minimum atomic E-state index is -0.472. The molecule has 0 spiro atoms. The van der Waals surface area contributed by atoms with Gasteiger partial charge in [0.05, 0.1) is 11.6 Å². The van der Waals surface area contributed by atoms with Gasteiger partial charge in [0.1, 0.15) is 0 Å². The fraction of sp³-hybridized carbons (Fsp3) is 0.529. The van der Waals surface area contributed by atoms with Crippen molar-refractivity contribution in [2.45, 2.75) is 39.0 Å². The van der Waals surface area contributed by atoms with E-state index in [0.29, 0.717) is 17.5 Å². The molecule has 0 aromatic carbocycles. The Kier molecular flexibility index (Phi) is 3.16. The summed E-state index contributed by atoms with van der Waals surface area (Å²) in [7, 11) is 0. The lowest BCUT2D eigenvalue weighted by molar-refractivity contribution is -0.122. The van der Waals surface area contributed by atoms with Crippen LogP contribution in [-0.2, 0) is 4.79 Å². The third-order valence-corrected chi connectivity index (χ3v) is 5.09. The van der Waals surface area contributed by atoms with E-state index in [1.54, 1.807) is 16.9 Å². The van der Waals surface area contributed by atoms with Crippen molar-refractivity contribution < 1.29 is 9.59 Å². The molecule has 4 rings (SSSR count). The lowest BCUT2D eigenvalue weighted by atomic mass is 9.87. The van der Waals surface area contributed by atoms with Gasteiger partial charge in [0, 0.05) is 24.5 Å². The maximum Gasteiger partial charge on any atom is 0.321 e. The quantitative estimate of drug-likeness (QED) is 0.880. The average molecular weight is 327 g/mol. The van der Waals surface area contributed by atoms with Gasteiger partial charge in [-0.05, 0) is 29.7 Å². The summed E-state index contributed by atoms with van der Waals surface area (Å²) in [5, 5.41) is 9.51. The van der Waals surface area contributed by atoms with E-state index in [4.69, 9.17) is 0 Å². The highest BCUT2D eigenvalue weighted by molar-refractivity contribution is 6.00. The van der Waals surface area contributed by atoms with Crippen LogP contribution in [0, 0.1) is 11.3 Å². The third-order valence-electron chi connectivity index (χ3n) is 5.09. The zero-order chi connectivity index (χ0) is 17.1. The smallest absolute Gasteiger partial charge is 0.321 e. The van der Waals surface area contributed by atoms with Crippen LogP contribution in [0.1, 0.15) is 50.3 Å². The molecule has 2 aromatic heterocycles. The number of hydrogen-bond acceptors (Lipinski definition) is 4. The molecule has 2 aliphatic rings. The summed E-state index contributed by atoms with van der Waals surface area (Å²) < 4.78 is 1.74. The monoisotopic (exact) mass is 327 g/mol. The number of rotatable bonds is 2. The van der Waals surface area contributed by atoms with Crippen LogP contribution in [0.5, 0.6) is 0 Å². The molecular weight excluding hydrogens is 306 g/mol. The lowest BCUT2D eigenvalue weighted by Gasteiger charge is -2.22. The number of fused-ring (bicyclic) bond motifs is 1. The Bertz CT molecular complexity index is 835. The summed E-state index contributed by atoms with van der Waals surface area (Å²) >= 11 is 0. The van der Waals surface area contributed by atoms with Gasteiger partial charge >= 0.3 is 6.03 Å². The summed E-state index contributed by atoms with van der Waals surface area (Å²) in [6, 6.07) is 1.55. The lowest BCUT2D eigenvalue weighted by Crippen LogP contribution is -2.51. The summed E-state index contributed by atoms with van der Waals surface area (Å²) in [6.45, 7) is 7.04. The van der Waals surface area contributed by atoms with Crippen molar-refractivity contribution in [3.63, 3.8) is 0 Å². The number of carbonyl (C=O) groups is 2. The first-order chi connectivity index (χ1) is 11.3. The Hall–Kier alpha value is -2.44. The van der Waals surface area contributed by atoms with E-state index in [0.717, 1.165) is 17.6 Å². The maximum absolute atomic E-state index is 12.2. The second kappa shape index (κ2) is 5.03. The van der Waals surface area contributed by atoms with Crippen LogP contribution >= 0.6 is 0 Å². The number of urea groups is 1. The molecular formula is C17H21N5O2. The summed E-state index contributed by atoms with van der Waals surface area (Å²) in [6.07, 6.45) is 4.66. The predicted molar refractivity (Wildman–Crippen MR) is 87.6 cm³/mol. The zero-order valence-corrected chi connectivity index (χ0v) is 14.0. The third kappa shape index (κ3) is 2.44. The highest BCUT2D eigenvalue weighted by Crippen LogP contribution is 2.57. The standard InChI is InChI=1S/C17H21N5O2/c1-17(2,3)12-6-9(12)10-7-13(21-22-5-4-18-14(10)22)11-8-19-16(24)20-15(11)23/h4-5,7,9,11-12H,6,8H2,1-3H3,(H2,19,20,23,24)/t9-,11?,12+/m0/s1. The van der Waals surface area contributed by atoms with Gasteiger partial charge in [-0.3, -0.25) is 10.1 Å². The molecule has 7 heteroatoms. The van der Waals surface area contributed by atoms with Crippen molar-refractivity contribution in [3.05, 3.63) is 29.7 Å². The summed E-state index contributed by atoms with van der Waals surface area (Å²) in [5.74, 6) is 0.269. The highest BCUT2D eigenvalue weighted by atomic mass is 16.2.